The first kappa shape index (κ1) is 17.4. The van der Waals surface area contributed by atoms with Crippen LogP contribution in [0.5, 0.6) is 0 Å². The van der Waals surface area contributed by atoms with Crippen molar-refractivity contribution in [3.8, 4) is 0 Å². The minimum absolute atomic E-state index is 0.138. The van der Waals surface area contributed by atoms with Gasteiger partial charge < -0.3 is 9.47 Å². The quantitative estimate of drug-likeness (QED) is 0.468. The molecule has 0 aromatic rings. The van der Waals surface area contributed by atoms with Gasteiger partial charge in [0, 0.05) is 6.61 Å². The summed E-state index contributed by atoms with van der Waals surface area (Å²) < 4.78 is 11.1. The van der Waals surface area contributed by atoms with Gasteiger partial charge in [-0.05, 0) is 51.0 Å². The molecule has 1 saturated carbocycles. The summed E-state index contributed by atoms with van der Waals surface area (Å²) in [4.78, 5) is 12.4. The zero-order valence-electron chi connectivity index (χ0n) is 13.5. The molecule has 0 spiro atoms. The van der Waals surface area contributed by atoms with Crippen LogP contribution in [0.4, 0.5) is 0 Å². The van der Waals surface area contributed by atoms with Crippen molar-refractivity contribution in [2.45, 2.75) is 58.9 Å². The van der Waals surface area contributed by atoms with E-state index in [0.29, 0.717) is 31.7 Å². The van der Waals surface area contributed by atoms with Crippen LogP contribution in [-0.2, 0) is 14.3 Å². The highest BCUT2D eigenvalue weighted by Crippen LogP contribution is 2.41. The van der Waals surface area contributed by atoms with E-state index in [1.54, 1.807) is 0 Å². The predicted octanol–water partition coefficient (Wildman–Crippen LogP) is 2.76. The van der Waals surface area contributed by atoms with Crippen molar-refractivity contribution in [1.29, 1.82) is 0 Å². The summed E-state index contributed by atoms with van der Waals surface area (Å²) in [6.45, 7) is 10.7. The van der Waals surface area contributed by atoms with E-state index in [0.717, 1.165) is 32.2 Å². The lowest BCUT2D eigenvalue weighted by molar-refractivity contribution is -0.155. The summed E-state index contributed by atoms with van der Waals surface area (Å²) in [5.41, 5.74) is -0.622. The molecule has 0 aliphatic heterocycles. The largest absolute Gasteiger partial charge is 0.465 e. The lowest BCUT2D eigenvalue weighted by atomic mass is 9.93. The summed E-state index contributed by atoms with van der Waals surface area (Å²) in [5, 5.41) is 3.42. The fraction of sp³-hybridized carbons (Fsp3) is 0.938. The maximum absolute atomic E-state index is 12.4. The van der Waals surface area contributed by atoms with Gasteiger partial charge in [-0.3, -0.25) is 5.32 Å². The number of hydrogen-bond acceptors (Lipinski definition) is 4. The molecule has 0 radical (unpaired) electrons. The Balaban J connectivity index is 2.62. The average molecular weight is 285 g/mol. The molecule has 0 saturated heterocycles. The van der Waals surface area contributed by atoms with E-state index in [9.17, 15) is 4.79 Å². The number of nitrogens with one attached hydrogen (secondary N) is 1. The van der Waals surface area contributed by atoms with Crippen LogP contribution in [-0.4, -0.2) is 37.9 Å². The first-order chi connectivity index (χ1) is 9.56. The minimum atomic E-state index is -0.622. The molecule has 0 aromatic carbocycles. The van der Waals surface area contributed by atoms with Gasteiger partial charge in [0.05, 0.1) is 13.2 Å². The highest BCUT2D eigenvalue weighted by atomic mass is 16.5. The van der Waals surface area contributed by atoms with E-state index in [-0.39, 0.29) is 5.97 Å². The monoisotopic (exact) mass is 285 g/mol. The zero-order chi connectivity index (χ0) is 15.0. The Hall–Kier alpha value is -0.610. The SMILES string of the molecule is CCCNC(COCCC(C)C)(C(=O)OCC)C1CC1. The van der Waals surface area contributed by atoms with E-state index in [1.807, 2.05) is 6.92 Å². The molecule has 20 heavy (non-hydrogen) atoms. The van der Waals surface area contributed by atoms with Crippen molar-refractivity contribution < 1.29 is 14.3 Å². The van der Waals surface area contributed by atoms with Gasteiger partial charge in [-0.1, -0.05) is 20.8 Å². The topological polar surface area (TPSA) is 47.6 Å². The molecule has 1 fully saturated rings. The van der Waals surface area contributed by atoms with Crippen LogP contribution in [0.15, 0.2) is 0 Å². The second kappa shape index (κ2) is 8.63. The molecule has 0 amide bonds. The standard InChI is InChI=1S/C16H31NO3/c1-5-10-17-16(14-7-8-14,15(18)20-6-2)12-19-11-9-13(3)4/h13-14,17H,5-12H2,1-4H3. The lowest BCUT2D eigenvalue weighted by Crippen LogP contribution is -2.58. The maximum Gasteiger partial charge on any atom is 0.329 e. The third-order valence-corrected chi connectivity index (χ3v) is 3.77. The number of rotatable bonds is 11. The molecule has 0 heterocycles. The Kier molecular flexibility index (Phi) is 7.52. The zero-order valence-corrected chi connectivity index (χ0v) is 13.5. The molecule has 1 rings (SSSR count). The molecule has 1 N–H and O–H groups in total. The lowest BCUT2D eigenvalue weighted by Gasteiger charge is -2.32. The van der Waals surface area contributed by atoms with Gasteiger partial charge in [0.25, 0.3) is 0 Å². The average Bonchev–Trinajstić information content (AvgIpc) is 3.23. The van der Waals surface area contributed by atoms with E-state index < -0.39 is 5.54 Å². The molecule has 0 aromatic heterocycles. The molecular weight excluding hydrogens is 254 g/mol. The third-order valence-electron chi connectivity index (χ3n) is 3.77. The molecule has 0 bridgehead atoms. The summed E-state index contributed by atoms with van der Waals surface area (Å²) in [6.07, 6.45) is 4.20. The maximum atomic E-state index is 12.4. The molecule has 1 atom stereocenters. The Morgan fingerprint density at radius 3 is 2.55 bits per heavy atom. The Bertz CT molecular complexity index is 289. The van der Waals surface area contributed by atoms with Crippen molar-refractivity contribution in [2.24, 2.45) is 11.8 Å². The van der Waals surface area contributed by atoms with Crippen LogP contribution in [0.3, 0.4) is 0 Å². The normalized spacial score (nSPS) is 18.1. The summed E-state index contributed by atoms with van der Waals surface area (Å²) in [5.74, 6) is 0.851. The van der Waals surface area contributed by atoms with Gasteiger partial charge in [0.15, 0.2) is 0 Å². The van der Waals surface area contributed by atoms with Crippen LogP contribution in [0, 0.1) is 11.8 Å². The van der Waals surface area contributed by atoms with Gasteiger partial charge >= 0.3 is 5.97 Å². The second-order valence-electron chi connectivity index (χ2n) is 6.13. The minimum Gasteiger partial charge on any atom is -0.465 e. The smallest absolute Gasteiger partial charge is 0.329 e. The first-order valence-electron chi connectivity index (χ1n) is 8.06. The summed E-state index contributed by atoms with van der Waals surface area (Å²) >= 11 is 0. The fourth-order valence-corrected chi connectivity index (χ4v) is 2.35. The Morgan fingerprint density at radius 1 is 1.35 bits per heavy atom. The second-order valence-corrected chi connectivity index (χ2v) is 6.13. The molecular formula is C16H31NO3. The van der Waals surface area contributed by atoms with Crippen molar-refractivity contribution in [3.05, 3.63) is 0 Å². The highest BCUT2D eigenvalue weighted by Gasteiger charge is 2.52. The number of carbonyl (C=O) groups excluding carboxylic acids is 1. The van der Waals surface area contributed by atoms with Gasteiger partial charge in [0.1, 0.15) is 5.54 Å². The van der Waals surface area contributed by atoms with E-state index in [2.05, 4.69) is 26.1 Å². The molecule has 1 aliphatic rings. The van der Waals surface area contributed by atoms with Gasteiger partial charge in [0.2, 0.25) is 0 Å². The van der Waals surface area contributed by atoms with Gasteiger partial charge in [-0.25, -0.2) is 4.79 Å². The molecule has 118 valence electrons. The number of ether oxygens (including phenoxy) is 2. The summed E-state index contributed by atoms with van der Waals surface area (Å²) in [6, 6.07) is 0. The number of carbonyl (C=O) groups is 1. The third kappa shape index (κ3) is 5.06. The Labute approximate surface area is 123 Å². The Morgan fingerprint density at radius 2 is 2.05 bits per heavy atom. The molecule has 4 nitrogen and oxygen atoms in total. The van der Waals surface area contributed by atoms with Crippen molar-refractivity contribution in [3.63, 3.8) is 0 Å². The summed E-state index contributed by atoms with van der Waals surface area (Å²) in [7, 11) is 0. The van der Waals surface area contributed by atoms with Crippen LogP contribution in [0.1, 0.15) is 53.4 Å². The molecule has 1 aliphatic carbocycles. The first-order valence-corrected chi connectivity index (χ1v) is 8.06. The van der Waals surface area contributed by atoms with Crippen molar-refractivity contribution in [1.82, 2.24) is 5.32 Å². The van der Waals surface area contributed by atoms with Crippen molar-refractivity contribution in [2.75, 3.05) is 26.4 Å². The van der Waals surface area contributed by atoms with E-state index in [4.69, 9.17) is 9.47 Å². The van der Waals surface area contributed by atoms with Crippen LogP contribution in [0.25, 0.3) is 0 Å². The highest BCUT2D eigenvalue weighted by molar-refractivity contribution is 5.82. The number of hydrogen-bond donors (Lipinski definition) is 1. The van der Waals surface area contributed by atoms with E-state index >= 15 is 0 Å². The van der Waals surface area contributed by atoms with Crippen molar-refractivity contribution >= 4 is 5.97 Å². The fourth-order valence-electron chi connectivity index (χ4n) is 2.35. The molecule has 1 unspecified atom stereocenters. The van der Waals surface area contributed by atoms with Crippen LogP contribution < -0.4 is 5.32 Å². The van der Waals surface area contributed by atoms with Crippen LogP contribution >= 0.6 is 0 Å². The van der Waals surface area contributed by atoms with Gasteiger partial charge in [-0.15, -0.1) is 0 Å². The van der Waals surface area contributed by atoms with Crippen LogP contribution in [0.2, 0.25) is 0 Å². The van der Waals surface area contributed by atoms with E-state index in [1.165, 1.54) is 0 Å². The number of esters is 1. The predicted molar refractivity (Wildman–Crippen MR) is 80.7 cm³/mol. The van der Waals surface area contributed by atoms with Gasteiger partial charge in [-0.2, -0.15) is 0 Å². The molecule has 4 heteroatoms.